The number of likely N-dealkylation sites (tertiary alicyclic amines) is 1. The Morgan fingerprint density at radius 2 is 2.24 bits per heavy atom. The van der Waals surface area contributed by atoms with Crippen LogP contribution < -0.4 is 5.32 Å². The molecule has 1 aromatic heterocycles. The lowest BCUT2D eigenvalue weighted by atomic mass is 10.1. The number of aromatic amines is 1. The number of hydrogen-bond acceptors (Lipinski definition) is 3. The normalized spacial score (nSPS) is 18.7. The number of aryl methyl sites for hydroxylation is 1. The van der Waals surface area contributed by atoms with E-state index in [2.05, 4.69) is 34.0 Å². The zero-order valence-corrected chi connectivity index (χ0v) is 11.0. The number of nitrogens with one attached hydrogen (secondary N) is 2. The standard InChI is InChI=1S/C13H24N4/c1-11(9-17-5-3-4-6-17)7-14-8-13-12(2)15-10-16-13/h10-11,14H,3-9H2,1-2H3,(H,15,16). The molecule has 1 fully saturated rings. The van der Waals surface area contributed by atoms with Crippen molar-refractivity contribution in [3.63, 3.8) is 0 Å². The highest BCUT2D eigenvalue weighted by molar-refractivity contribution is 5.07. The van der Waals surface area contributed by atoms with E-state index >= 15 is 0 Å². The third kappa shape index (κ3) is 3.82. The smallest absolute Gasteiger partial charge is 0.0925 e. The second kappa shape index (κ2) is 6.17. The predicted molar refractivity (Wildman–Crippen MR) is 69.9 cm³/mol. The summed E-state index contributed by atoms with van der Waals surface area (Å²) in [5.74, 6) is 0.715. The summed E-state index contributed by atoms with van der Waals surface area (Å²) >= 11 is 0. The van der Waals surface area contributed by atoms with Crippen molar-refractivity contribution in [3.05, 3.63) is 17.7 Å². The molecule has 1 unspecified atom stereocenters. The maximum Gasteiger partial charge on any atom is 0.0925 e. The van der Waals surface area contributed by atoms with Crippen LogP contribution in [-0.2, 0) is 6.54 Å². The Morgan fingerprint density at radius 1 is 1.47 bits per heavy atom. The molecule has 1 atom stereocenters. The van der Waals surface area contributed by atoms with Crippen molar-refractivity contribution in [2.45, 2.75) is 33.2 Å². The van der Waals surface area contributed by atoms with Crippen molar-refractivity contribution in [1.29, 1.82) is 0 Å². The lowest BCUT2D eigenvalue weighted by molar-refractivity contribution is 0.282. The van der Waals surface area contributed by atoms with Crippen LogP contribution in [0, 0.1) is 12.8 Å². The first-order valence-corrected chi connectivity index (χ1v) is 6.67. The quantitative estimate of drug-likeness (QED) is 0.787. The molecule has 0 saturated carbocycles. The molecule has 0 radical (unpaired) electrons. The molecule has 17 heavy (non-hydrogen) atoms. The average molecular weight is 236 g/mol. The highest BCUT2D eigenvalue weighted by Gasteiger charge is 2.14. The van der Waals surface area contributed by atoms with Crippen molar-refractivity contribution in [1.82, 2.24) is 20.2 Å². The molecule has 4 nitrogen and oxygen atoms in total. The SMILES string of the molecule is Cc1[nH]cnc1CNCC(C)CN1CCCC1. The summed E-state index contributed by atoms with van der Waals surface area (Å²) in [5.41, 5.74) is 2.31. The van der Waals surface area contributed by atoms with E-state index in [0.717, 1.165) is 18.8 Å². The number of aromatic nitrogens is 2. The summed E-state index contributed by atoms with van der Waals surface area (Å²) in [7, 11) is 0. The Hall–Kier alpha value is -0.870. The van der Waals surface area contributed by atoms with Crippen LogP contribution in [0.4, 0.5) is 0 Å². The van der Waals surface area contributed by atoms with E-state index < -0.39 is 0 Å². The van der Waals surface area contributed by atoms with Crippen molar-refractivity contribution < 1.29 is 0 Å². The Morgan fingerprint density at radius 3 is 2.88 bits per heavy atom. The van der Waals surface area contributed by atoms with E-state index in [1.807, 2.05) is 0 Å². The van der Waals surface area contributed by atoms with Gasteiger partial charge in [0.05, 0.1) is 12.0 Å². The van der Waals surface area contributed by atoms with Crippen LogP contribution in [0.1, 0.15) is 31.2 Å². The third-order valence-electron chi connectivity index (χ3n) is 3.49. The molecular weight excluding hydrogens is 212 g/mol. The molecule has 0 amide bonds. The minimum Gasteiger partial charge on any atom is -0.348 e. The molecule has 4 heteroatoms. The van der Waals surface area contributed by atoms with Crippen LogP contribution in [-0.4, -0.2) is 41.0 Å². The van der Waals surface area contributed by atoms with Gasteiger partial charge in [-0.15, -0.1) is 0 Å². The Labute approximate surface area is 104 Å². The van der Waals surface area contributed by atoms with Crippen LogP contribution in [0.15, 0.2) is 6.33 Å². The van der Waals surface area contributed by atoms with Gasteiger partial charge in [0.2, 0.25) is 0 Å². The average Bonchev–Trinajstić information content (AvgIpc) is 2.91. The fourth-order valence-corrected chi connectivity index (χ4v) is 2.47. The van der Waals surface area contributed by atoms with Crippen molar-refractivity contribution >= 4 is 0 Å². The summed E-state index contributed by atoms with van der Waals surface area (Å²) in [6.07, 6.45) is 4.53. The van der Waals surface area contributed by atoms with Crippen molar-refractivity contribution in [2.75, 3.05) is 26.2 Å². The lowest BCUT2D eigenvalue weighted by Gasteiger charge is -2.20. The highest BCUT2D eigenvalue weighted by Crippen LogP contribution is 2.09. The van der Waals surface area contributed by atoms with Crippen LogP contribution in [0.3, 0.4) is 0 Å². The number of hydrogen-bond donors (Lipinski definition) is 2. The molecule has 2 heterocycles. The molecule has 0 aromatic carbocycles. The first-order chi connectivity index (χ1) is 8.25. The van der Waals surface area contributed by atoms with Crippen molar-refractivity contribution in [2.24, 2.45) is 5.92 Å². The lowest BCUT2D eigenvalue weighted by Crippen LogP contribution is -2.31. The third-order valence-corrected chi connectivity index (χ3v) is 3.49. The molecule has 96 valence electrons. The van der Waals surface area contributed by atoms with Crippen LogP contribution in [0.25, 0.3) is 0 Å². The zero-order chi connectivity index (χ0) is 12.1. The van der Waals surface area contributed by atoms with Crippen molar-refractivity contribution in [3.8, 4) is 0 Å². The van der Waals surface area contributed by atoms with Gasteiger partial charge in [-0.25, -0.2) is 4.98 Å². The zero-order valence-electron chi connectivity index (χ0n) is 11.0. The molecule has 1 aliphatic heterocycles. The number of imidazole rings is 1. The Balaban J connectivity index is 1.62. The van der Waals surface area contributed by atoms with Gasteiger partial charge < -0.3 is 15.2 Å². The fourth-order valence-electron chi connectivity index (χ4n) is 2.47. The molecule has 1 aromatic rings. The van der Waals surface area contributed by atoms with Crippen LogP contribution >= 0.6 is 0 Å². The number of nitrogens with zero attached hydrogens (tertiary/aromatic N) is 2. The monoisotopic (exact) mass is 236 g/mol. The van der Waals surface area contributed by atoms with Gasteiger partial charge in [0.1, 0.15) is 0 Å². The van der Waals surface area contributed by atoms with E-state index in [4.69, 9.17) is 0 Å². The topological polar surface area (TPSA) is 44.0 Å². The van der Waals surface area contributed by atoms with Gasteiger partial charge in [0.25, 0.3) is 0 Å². The van der Waals surface area contributed by atoms with Gasteiger partial charge in [0, 0.05) is 18.8 Å². The fraction of sp³-hybridized carbons (Fsp3) is 0.769. The van der Waals surface area contributed by atoms with Gasteiger partial charge in [0.15, 0.2) is 0 Å². The van der Waals surface area contributed by atoms with Gasteiger partial charge in [-0.2, -0.15) is 0 Å². The molecule has 1 saturated heterocycles. The first-order valence-electron chi connectivity index (χ1n) is 6.67. The minimum absolute atomic E-state index is 0.715. The highest BCUT2D eigenvalue weighted by atomic mass is 15.1. The first kappa shape index (κ1) is 12.6. The molecular formula is C13H24N4. The van der Waals surface area contributed by atoms with E-state index in [0.29, 0.717) is 5.92 Å². The van der Waals surface area contributed by atoms with E-state index in [9.17, 15) is 0 Å². The summed E-state index contributed by atoms with van der Waals surface area (Å²) in [5, 5.41) is 3.49. The summed E-state index contributed by atoms with van der Waals surface area (Å²) in [6, 6.07) is 0. The van der Waals surface area contributed by atoms with E-state index in [1.165, 1.54) is 38.2 Å². The van der Waals surface area contributed by atoms with Gasteiger partial charge in [-0.05, 0) is 45.3 Å². The molecule has 0 spiro atoms. The van der Waals surface area contributed by atoms with E-state index in [-0.39, 0.29) is 0 Å². The van der Waals surface area contributed by atoms with Crippen LogP contribution in [0.5, 0.6) is 0 Å². The second-order valence-electron chi connectivity index (χ2n) is 5.22. The maximum atomic E-state index is 4.29. The Bertz CT molecular complexity index is 328. The molecule has 1 aliphatic rings. The summed E-state index contributed by atoms with van der Waals surface area (Å²) < 4.78 is 0. The molecule has 0 aliphatic carbocycles. The maximum absolute atomic E-state index is 4.29. The van der Waals surface area contributed by atoms with Gasteiger partial charge >= 0.3 is 0 Å². The van der Waals surface area contributed by atoms with Gasteiger partial charge in [-0.1, -0.05) is 6.92 Å². The minimum atomic E-state index is 0.715. The van der Waals surface area contributed by atoms with E-state index in [1.54, 1.807) is 6.33 Å². The Kier molecular flexibility index (Phi) is 4.57. The largest absolute Gasteiger partial charge is 0.348 e. The molecule has 0 bridgehead atoms. The summed E-state index contributed by atoms with van der Waals surface area (Å²) in [4.78, 5) is 9.97. The number of rotatable bonds is 6. The predicted octanol–water partition coefficient (Wildman–Crippen LogP) is 1.54. The number of H-pyrrole nitrogens is 1. The molecule has 2 N–H and O–H groups in total. The van der Waals surface area contributed by atoms with Crippen LogP contribution in [0.2, 0.25) is 0 Å². The second-order valence-corrected chi connectivity index (χ2v) is 5.22. The van der Waals surface area contributed by atoms with Gasteiger partial charge in [-0.3, -0.25) is 0 Å². The summed E-state index contributed by atoms with van der Waals surface area (Å²) in [6.45, 7) is 10.2. The molecule has 2 rings (SSSR count).